The van der Waals surface area contributed by atoms with Crippen LogP contribution in [0.3, 0.4) is 0 Å². The van der Waals surface area contributed by atoms with E-state index in [1.54, 1.807) is 24.1 Å². The molecule has 20 heavy (non-hydrogen) atoms. The molecule has 0 atom stereocenters. The SMILES string of the molecule is Cc1cc(C)cc(N(C)C(=O)c2ccc(NN)nc2)c1. The van der Waals surface area contributed by atoms with Crippen LogP contribution in [0.5, 0.6) is 0 Å². The number of hydrazine groups is 1. The molecule has 0 fully saturated rings. The van der Waals surface area contributed by atoms with E-state index in [2.05, 4.69) is 16.5 Å². The van der Waals surface area contributed by atoms with Crippen LogP contribution in [0.2, 0.25) is 0 Å². The fourth-order valence-electron chi connectivity index (χ4n) is 2.06. The lowest BCUT2D eigenvalue weighted by Crippen LogP contribution is -2.26. The first-order valence-corrected chi connectivity index (χ1v) is 6.30. The molecule has 0 saturated heterocycles. The largest absolute Gasteiger partial charge is 0.311 e. The molecule has 2 aromatic rings. The van der Waals surface area contributed by atoms with Crippen LogP contribution in [0.4, 0.5) is 11.5 Å². The Labute approximate surface area is 118 Å². The molecule has 0 radical (unpaired) electrons. The summed E-state index contributed by atoms with van der Waals surface area (Å²) in [6.45, 7) is 4.02. The van der Waals surface area contributed by atoms with Gasteiger partial charge >= 0.3 is 0 Å². The number of nitrogen functional groups attached to an aromatic ring is 1. The van der Waals surface area contributed by atoms with Crippen molar-refractivity contribution in [1.82, 2.24) is 4.98 Å². The molecule has 1 amide bonds. The molecule has 5 nitrogen and oxygen atoms in total. The van der Waals surface area contributed by atoms with E-state index in [9.17, 15) is 4.79 Å². The molecule has 0 spiro atoms. The minimum Gasteiger partial charge on any atom is -0.311 e. The van der Waals surface area contributed by atoms with Crippen molar-refractivity contribution < 1.29 is 4.79 Å². The number of nitrogens with two attached hydrogens (primary N) is 1. The molecule has 0 bridgehead atoms. The van der Waals surface area contributed by atoms with Gasteiger partial charge in [0, 0.05) is 18.9 Å². The van der Waals surface area contributed by atoms with Gasteiger partial charge in [-0.3, -0.25) is 4.79 Å². The Morgan fingerprint density at radius 3 is 2.35 bits per heavy atom. The number of nitrogens with zero attached hydrogens (tertiary/aromatic N) is 2. The number of aryl methyl sites for hydroxylation is 2. The summed E-state index contributed by atoms with van der Waals surface area (Å²) < 4.78 is 0. The third kappa shape index (κ3) is 2.95. The lowest BCUT2D eigenvalue weighted by Gasteiger charge is -2.18. The maximum atomic E-state index is 12.4. The second-order valence-corrected chi connectivity index (χ2v) is 4.79. The van der Waals surface area contributed by atoms with E-state index in [1.165, 1.54) is 6.20 Å². The summed E-state index contributed by atoms with van der Waals surface area (Å²) >= 11 is 0. The second kappa shape index (κ2) is 5.71. The standard InChI is InChI=1S/C15H18N4O/c1-10-6-11(2)8-13(7-10)19(3)15(20)12-4-5-14(18-16)17-9-12/h4-9H,16H2,1-3H3,(H,17,18). The maximum Gasteiger partial charge on any atom is 0.259 e. The summed E-state index contributed by atoms with van der Waals surface area (Å²) in [7, 11) is 1.76. The Hall–Kier alpha value is -2.40. The number of pyridine rings is 1. The summed E-state index contributed by atoms with van der Waals surface area (Å²) in [4.78, 5) is 18.1. The van der Waals surface area contributed by atoms with Crippen LogP contribution in [0.1, 0.15) is 21.5 Å². The molecule has 1 heterocycles. The second-order valence-electron chi connectivity index (χ2n) is 4.79. The summed E-state index contributed by atoms with van der Waals surface area (Å²) in [5, 5.41) is 0. The normalized spacial score (nSPS) is 10.2. The zero-order chi connectivity index (χ0) is 14.7. The number of hydrogen-bond acceptors (Lipinski definition) is 4. The van der Waals surface area contributed by atoms with Gasteiger partial charge in [0.2, 0.25) is 0 Å². The van der Waals surface area contributed by atoms with E-state index in [1.807, 2.05) is 26.0 Å². The highest BCUT2D eigenvalue weighted by Gasteiger charge is 2.14. The molecule has 5 heteroatoms. The molecule has 0 aliphatic carbocycles. The van der Waals surface area contributed by atoms with Crippen LogP contribution in [-0.2, 0) is 0 Å². The van der Waals surface area contributed by atoms with Crippen LogP contribution in [-0.4, -0.2) is 17.9 Å². The number of aromatic nitrogens is 1. The maximum absolute atomic E-state index is 12.4. The molecule has 0 saturated carbocycles. The van der Waals surface area contributed by atoms with Crippen molar-refractivity contribution in [1.29, 1.82) is 0 Å². The Balaban J connectivity index is 2.27. The van der Waals surface area contributed by atoms with Crippen molar-refractivity contribution >= 4 is 17.4 Å². The van der Waals surface area contributed by atoms with E-state index >= 15 is 0 Å². The van der Waals surface area contributed by atoms with Gasteiger partial charge in [-0.1, -0.05) is 6.07 Å². The first-order valence-electron chi connectivity index (χ1n) is 6.30. The quantitative estimate of drug-likeness (QED) is 0.663. The lowest BCUT2D eigenvalue weighted by molar-refractivity contribution is 0.0992. The first-order chi connectivity index (χ1) is 9.51. The van der Waals surface area contributed by atoms with Gasteiger partial charge in [-0.2, -0.15) is 0 Å². The Morgan fingerprint density at radius 2 is 1.85 bits per heavy atom. The average Bonchev–Trinajstić information content (AvgIpc) is 2.45. The topological polar surface area (TPSA) is 71.2 Å². The third-order valence-electron chi connectivity index (χ3n) is 3.06. The number of nitrogens with one attached hydrogen (secondary N) is 1. The average molecular weight is 270 g/mol. The van der Waals surface area contributed by atoms with Gasteiger partial charge in [0.05, 0.1) is 5.56 Å². The van der Waals surface area contributed by atoms with Crippen molar-refractivity contribution in [2.45, 2.75) is 13.8 Å². The summed E-state index contributed by atoms with van der Waals surface area (Å²) in [5.74, 6) is 5.67. The zero-order valence-electron chi connectivity index (χ0n) is 11.8. The van der Waals surface area contributed by atoms with Crippen molar-refractivity contribution in [3.63, 3.8) is 0 Å². The number of carbonyl (C=O) groups excluding carboxylic acids is 1. The fraction of sp³-hybridized carbons (Fsp3) is 0.200. The van der Waals surface area contributed by atoms with Crippen molar-refractivity contribution in [3.8, 4) is 0 Å². The van der Waals surface area contributed by atoms with Gasteiger partial charge in [-0.15, -0.1) is 0 Å². The minimum absolute atomic E-state index is 0.105. The van der Waals surface area contributed by atoms with Crippen molar-refractivity contribution in [3.05, 3.63) is 53.2 Å². The third-order valence-corrected chi connectivity index (χ3v) is 3.06. The highest BCUT2D eigenvalue weighted by atomic mass is 16.2. The first kappa shape index (κ1) is 14.0. The van der Waals surface area contributed by atoms with Gasteiger partial charge in [0.1, 0.15) is 5.82 Å². The Morgan fingerprint density at radius 1 is 1.20 bits per heavy atom. The van der Waals surface area contributed by atoms with Gasteiger partial charge < -0.3 is 10.3 Å². The number of hydrogen-bond donors (Lipinski definition) is 2. The number of amides is 1. The van der Waals surface area contributed by atoms with Gasteiger partial charge in [0.15, 0.2) is 0 Å². The van der Waals surface area contributed by atoms with Crippen molar-refractivity contribution in [2.24, 2.45) is 5.84 Å². The molecular weight excluding hydrogens is 252 g/mol. The summed E-state index contributed by atoms with van der Waals surface area (Å²) in [6.07, 6.45) is 1.51. The molecule has 1 aromatic heterocycles. The van der Waals surface area contributed by atoms with E-state index in [4.69, 9.17) is 5.84 Å². The number of rotatable bonds is 3. The van der Waals surface area contributed by atoms with E-state index < -0.39 is 0 Å². The molecular formula is C15H18N4O. The molecule has 0 unspecified atom stereocenters. The molecule has 0 aliphatic heterocycles. The van der Waals surface area contributed by atoms with E-state index in [-0.39, 0.29) is 5.91 Å². The monoisotopic (exact) mass is 270 g/mol. The van der Waals surface area contributed by atoms with Crippen LogP contribution < -0.4 is 16.2 Å². The predicted octanol–water partition coefficient (Wildman–Crippen LogP) is 2.26. The minimum atomic E-state index is -0.105. The molecule has 2 rings (SSSR count). The summed E-state index contributed by atoms with van der Waals surface area (Å²) in [6, 6.07) is 9.40. The molecule has 3 N–H and O–H groups in total. The van der Waals surface area contributed by atoms with Crippen LogP contribution in [0, 0.1) is 13.8 Å². The zero-order valence-corrected chi connectivity index (χ0v) is 11.8. The number of carbonyl (C=O) groups is 1. The fourth-order valence-corrected chi connectivity index (χ4v) is 2.06. The molecule has 1 aromatic carbocycles. The molecule has 104 valence electrons. The highest BCUT2D eigenvalue weighted by molar-refractivity contribution is 6.05. The van der Waals surface area contributed by atoms with Crippen LogP contribution in [0.25, 0.3) is 0 Å². The van der Waals surface area contributed by atoms with Crippen LogP contribution >= 0.6 is 0 Å². The van der Waals surface area contributed by atoms with Gasteiger partial charge in [-0.25, -0.2) is 10.8 Å². The van der Waals surface area contributed by atoms with E-state index in [0.29, 0.717) is 11.4 Å². The highest BCUT2D eigenvalue weighted by Crippen LogP contribution is 2.19. The van der Waals surface area contributed by atoms with Gasteiger partial charge in [-0.05, 0) is 49.2 Å². The molecule has 0 aliphatic rings. The van der Waals surface area contributed by atoms with Gasteiger partial charge in [0.25, 0.3) is 5.91 Å². The smallest absolute Gasteiger partial charge is 0.259 e. The summed E-state index contributed by atoms with van der Waals surface area (Å²) in [5.41, 5.74) is 6.07. The lowest BCUT2D eigenvalue weighted by atomic mass is 10.1. The number of anilines is 2. The van der Waals surface area contributed by atoms with Crippen molar-refractivity contribution in [2.75, 3.05) is 17.4 Å². The van der Waals surface area contributed by atoms with E-state index in [0.717, 1.165) is 16.8 Å². The van der Waals surface area contributed by atoms with Crippen LogP contribution in [0.15, 0.2) is 36.5 Å². The predicted molar refractivity (Wildman–Crippen MR) is 80.7 cm³/mol. The Bertz CT molecular complexity index is 602. The number of benzene rings is 1. The Kier molecular flexibility index (Phi) is 4.00.